The van der Waals surface area contributed by atoms with E-state index >= 15 is 0 Å². The number of amides is 1. The number of hydrogen-bond donors (Lipinski definition) is 2. The second-order valence-electron chi connectivity index (χ2n) is 2.58. The van der Waals surface area contributed by atoms with Crippen LogP contribution in [0, 0.1) is 0 Å². The molecule has 1 amide bonds. The van der Waals surface area contributed by atoms with E-state index in [0.717, 1.165) is 12.2 Å². The smallest absolute Gasteiger partial charge is 0.250 e. The highest BCUT2D eigenvalue weighted by Gasteiger charge is 2.07. The van der Waals surface area contributed by atoms with Crippen molar-refractivity contribution in [3.05, 3.63) is 28.8 Å². The summed E-state index contributed by atoms with van der Waals surface area (Å²) in [6.07, 6.45) is 0. The van der Waals surface area contributed by atoms with Crippen molar-refractivity contribution < 1.29 is 4.79 Å². The maximum Gasteiger partial charge on any atom is 0.250 e. The van der Waals surface area contributed by atoms with Gasteiger partial charge in [0.1, 0.15) is 0 Å². The average molecular weight is 199 g/mol. The van der Waals surface area contributed by atoms with Crippen LogP contribution >= 0.6 is 11.6 Å². The first-order chi connectivity index (χ1) is 6.15. The topological polar surface area (TPSA) is 55.1 Å². The minimum atomic E-state index is -0.474. The number of carbonyl (C=O) groups is 1. The Kier molecular flexibility index (Phi) is 3.14. The number of halogens is 1. The summed E-state index contributed by atoms with van der Waals surface area (Å²) >= 11 is 5.73. The molecule has 1 aromatic carbocycles. The summed E-state index contributed by atoms with van der Waals surface area (Å²) in [4.78, 5) is 11.0. The molecule has 0 fully saturated rings. The van der Waals surface area contributed by atoms with E-state index in [2.05, 4.69) is 5.32 Å². The zero-order valence-corrected chi connectivity index (χ0v) is 8.06. The van der Waals surface area contributed by atoms with Gasteiger partial charge in [-0.05, 0) is 25.1 Å². The second-order valence-corrected chi connectivity index (χ2v) is 3.02. The van der Waals surface area contributed by atoms with Crippen molar-refractivity contribution in [3.8, 4) is 0 Å². The van der Waals surface area contributed by atoms with Crippen LogP contribution in [0.25, 0.3) is 0 Å². The number of hydrogen-bond acceptors (Lipinski definition) is 2. The van der Waals surface area contributed by atoms with Crippen molar-refractivity contribution in [2.45, 2.75) is 6.92 Å². The minimum absolute atomic E-state index is 0.425. The Balaban J connectivity index is 3.10. The van der Waals surface area contributed by atoms with Gasteiger partial charge in [0.25, 0.3) is 5.91 Å². The third-order valence-corrected chi connectivity index (χ3v) is 1.85. The van der Waals surface area contributed by atoms with E-state index in [0.29, 0.717) is 10.6 Å². The molecule has 0 heterocycles. The van der Waals surface area contributed by atoms with Gasteiger partial charge < -0.3 is 11.1 Å². The van der Waals surface area contributed by atoms with Crippen LogP contribution in [0.15, 0.2) is 18.2 Å². The number of benzene rings is 1. The highest BCUT2D eigenvalue weighted by Crippen LogP contribution is 2.19. The molecule has 0 atom stereocenters. The largest absolute Gasteiger partial charge is 0.385 e. The van der Waals surface area contributed by atoms with Crippen molar-refractivity contribution in [3.63, 3.8) is 0 Å². The van der Waals surface area contributed by atoms with Gasteiger partial charge >= 0.3 is 0 Å². The van der Waals surface area contributed by atoms with Gasteiger partial charge in [-0.3, -0.25) is 4.79 Å². The third-order valence-electron chi connectivity index (χ3n) is 1.61. The fourth-order valence-corrected chi connectivity index (χ4v) is 1.24. The molecule has 0 aliphatic rings. The molecule has 1 aromatic rings. The van der Waals surface area contributed by atoms with E-state index < -0.39 is 5.91 Å². The van der Waals surface area contributed by atoms with Crippen LogP contribution in [0.5, 0.6) is 0 Å². The molecule has 0 saturated carbocycles. The Hall–Kier alpha value is -1.22. The van der Waals surface area contributed by atoms with Crippen molar-refractivity contribution in [2.75, 3.05) is 11.9 Å². The lowest BCUT2D eigenvalue weighted by molar-refractivity contribution is 0.100. The van der Waals surface area contributed by atoms with Gasteiger partial charge in [0.15, 0.2) is 0 Å². The summed E-state index contributed by atoms with van der Waals surface area (Å²) in [6.45, 7) is 2.68. The fourth-order valence-electron chi connectivity index (χ4n) is 1.06. The molecule has 1 rings (SSSR count). The summed E-state index contributed by atoms with van der Waals surface area (Å²) in [7, 11) is 0. The van der Waals surface area contributed by atoms with E-state index in [1.165, 1.54) is 0 Å². The number of carbonyl (C=O) groups excluding carboxylic acids is 1. The first-order valence-corrected chi connectivity index (χ1v) is 4.36. The molecule has 4 heteroatoms. The zero-order valence-electron chi connectivity index (χ0n) is 7.30. The molecule has 0 aliphatic carbocycles. The highest BCUT2D eigenvalue weighted by atomic mass is 35.5. The molecule has 3 nitrogen and oxygen atoms in total. The van der Waals surface area contributed by atoms with Gasteiger partial charge in [-0.15, -0.1) is 0 Å². The number of rotatable bonds is 3. The summed E-state index contributed by atoms with van der Waals surface area (Å²) in [5.74, 6) is -0.474. The van der Waals surface area contributed by atoms with Gasteiger partial charge in [-0.2, -0.15) is 0 Å². The predicted molar refractivity (Wildman–Crippen MR) is 54.1 cm³/mol. The van der Waals surface area contributed by atoms with Crippen LogP contribution in [0.4, 0.5) is 5.69 Å². The summed E-state index contributed by atoms with van der Waals surface area (Å²) in [5.41, 5.74) is 6.32. The molecule has 0 saturated heterocycles. The van der Waals surface area contributed by atoms with Crippen molar-refractivity contribution in [2.24, 2.45) is 5.73 Å². The molecule has 0 aromatic heterocycles. The van der Waals surface area contributed by atoms with Crippen LogP contribution in [-0.4, -0.2) is 12.5 Å². The standard InChI is InChI=1S/C9H11ClN2O/c1-2-12-8-4-3-6(10)5-7(8)9(11)13/h3-5,12H,2H2,1H3,(H2,11,13). The molecule has 0 spiro atoms. The van der Waals surface area contributed by atoms with Crippen LogP contribution in [0.2, 0.25) is 5.02 Å². The van der Waals surface area contributed by atoms with Crippen LogP contribution in [0.3, 0.4) is 0 Å². The van der Waals surface area contributed by atoms with Gasteiger partial charge in [-0.1, -0.05) is 11.6 Å². The molecule has 13 heavy (non-hydrogen) atoms. The number of nitrogens with two attached hydrogens (primary N) is 1. The zero-order chi connectivity index (χ0) is 9.84. The van der Waals surface area contributed by atoms with E-state index in [4.69, 9.17) is 17.3 Å². The monoisotopic (exact) mass is 198 g/mol. The molecule has 0 unspecified atom stereocenters. The van der Waals surface area contributed by atoms with Gasteiger partial charge in [-0.25, -0.2) is 0 Å². The predicted octanol–water partition coefficient (Wildman–Crippen LogP) is 1.87. The molecule has 0 bridgehead atoms. The molecule has 0 aliphatic heterocycles. The van der Waals surface area contributed by atoms with E-state index in [1.807, 2.05) is 6.92 Å². The molecular formula is C9H11ClN2O. The maximum atomic E-state index is 11.0. The highest BCUT2D eigenvalue weighted by molar-refractivity contribution is 6.31. The third kappa shape index (κ3) is 2.36. The van der Waals surface area contributed by atoms with Crippen LogP contribution in [-0.2, 0) is 0 Å². The minimum Gasteiger partial charge on any atom is -0.385 e. The van der Waals surface area contributed by atoms with Crippen LogP contribution in [0.1, 0.15) is 17.3 Å². The number of nitrogens with one attached hydrogen (secondary N) is 1. The lowest BCUT2D eigenvalue weighted by Crippen LogP contribution is -2.14. The first kappa shape index (κ1) is 9.86. The van der Waals surface area contributed by atoms with Gasteiger partial charge in [0, 0.05) is 17.3 Å². The molecule has 3 N–H and O–H groups in total. The van der Waals surface area contributed by atoms with Crippen molar-refractivity contribution in [1.82, 2.24) is 0 Å². The van der Waals surface area contributed by atoms with Crippen molar-refractivity contribution >= 4 is 23.2 Å². The van der Waals surface area contributed by atoms with Gasteiger partial charge in [0.05, 0.1) is 5.56 Å². The second kappa shape index (κ2) is 4.14. The van der Waals surface area contributed by atoms with E-state index in [9.17, 15) is 4.79 Å². The number of anilines is 1. The lowest BCUT2D eigenvalue weighted by Gasteiger charge is -2.07. The quantitative estimate of drug-likeness (QED) is 0.779. The van der Waals surface area contributed by atoms with Gasteiger partial charge in [0.2, 0.25) is 0 Å². The summed E-state index contributed by atoms with van der Waals surface area (Å²) in [5, 5.41) is 3.53. The van der Waals surface area contributed by atoms with Crippen LogP contribution < -0.4 is 11.1 Å². The molecule has 0 radical (unpaired) electrons. The van der Waals surface area contributed by atoms with E-state index in [1.54, 1.807) is 18.2 Å². The van der Waals surface area contributed by atoms with Crippen molar-refractivity contribution in [1.29, 1.82) is 0 Å². The fraction of sp³-hybridized carbons (Fsp3) is 0.222. The lowest BCUT2D eigenvalue weighted by atomic mass is 10.1. The molecular weight excluding hydrogens is 188 g/mol. The van der Waals surface area contributed by atoms with E-state index in [-0.39, 0.29) is 0 Å². The Morgan fingerprint density at radius 3 is 2.85 bits per heavy atom. The Morgan fingerprint density at radius 1 is 1.62 bits per heavy atom. The average Bonchev–Trinajstić information content (AvgIpc) is 2.08. The Labute approximate surface area is 81.9 Å². The maximum absolute atomic E-state index is 11.0. The Bertz CT molecular complexity index is 325. The summed E-state index contributed by atoms with van der Waals surface area (Å²) < 4.78 is 0. The molecule has 70 valence electrons. The first-order valence-electron chi connectivity index (χ1n) is 3.98. The normalized spacial score (nSPS) is 9.69. The Morgan fingerprint density at radius 2 is 2.31 bits per heavy atom. The SMILES string of the molecule is CCNc1ccc(Cl)cc1C(N)=O. The summed E-state index contributed by atoms with van der Waals surface area (Å²) in [6, 6.07) is 5.01. The number of primary amides is 1.